The number of ether oxygens (including phenoxy) is 2. The predicted molar refractivity (Wildman–Crippen MR) is 90.7 cm³/mol. The molecular weight excluding hydrogens is 290 g/mol. The van der Waals surface area contributed by atoms with Crippen LogP contribution in [0.2, 0.25) is 0 Å². The van der Waals surface area contributed by atoms with E-state index in [0.717, 1.165) is 11.3 Å². The number of rotatable bonds is 7. The lowest BCUT2D eigenvalue weighted by Gasteiger charge is -2.21. The first kappa shape index (κ1) is 16.9. The number of hydrogen-bond donors (Lipinski definition) is 1. The zero-order valence-electron chi connectivity index (χ0n) is 13.8. The largest absolute Gasteiger partial charge is 0.497 e. The number of para-hydroxylation sites is 1. The third-order valence-electron chi connectivity index (χ3n) is 3.66. The van der Waals surface area contributed by atoms with Crippen LogP contribution in [-0.2, 0) is 4.79 Å². The van der Waals surface area contributed by atoms with Gasteiger partial charge in [-0.1, -0.05) is 37.3 Å². The molecule has 4 heteroatoms. The fourth-order valence-corrected chi connectivity index (χ4v) is 2.27. The number of benzene rings is 2. The van der Waals surface area contributed by atoms with Crippen LogP contribution in [0.5, 0.6) is 11.5 Å². The van der Waals surface area contributed by atoms with Crippen LogP contribution < -0.4 is 14.8 Å². The van der Waals surface area contributed by atoms with Crippen molar-refractivity contribution >= 4 is 5.91 Å². The van der Waals surface area contributed by atoms with E-state index >= 15 is 0 Å². The number of carbonyl (C=O) groups excluding carboxylic acids is 1. The summed E-state index contributed by atoms with van der Waals surface area (Å²) in [7, 11) is 1.63. The number of amides is 1. The minimum Gasteiger partial charge on any atom is -0.497 e. The number of methoxy groups -OCH3 is 1. The van der Waals surface area contributed by atoms with Crippen molar-refractivity contribution in [2.45, 2.75) is 32.4 Å². The van der Waals surface area contributed by atoms with Crippen LogP contribution in [0, 0.1) is 0 Å². The fourth-order valence-electron chi connectivity index (χ4n) is 2.27. The molecule has 1 amide bonds. The zero-order chi connectivity index (χ0) is 16.7. The molecule has 0 saturated carbocycles. The fraction of sp³-hybridized carbons (Fsp3) is 0.316. The van der Waals surface area contributed by atoms with E-state index in [1.54, 1.807) is 7.11 Å². The summed E-state index contributed by atoms with van der Waals surface area (Å²) in [4.78, 5) is 12.4. The third kappa shape index (κ3) is 4.74. The van der Waals surface area contributed by atoms with Gasteiger partial charge >= 0.3 is 0 Å². The Bertz CT molecular complexity index is 610. The second kappa shape index (κ2) is 8.22. The molecule has 23 heavy (non-hydrogen) atoms. The van der Waals surface area contributed by atoms with Crippen molar-refractivity contribution in [1.82, 2.24) is 5.32 Å². The molecule has 0 radical (unpaired) electrons. The molecular formula is C19H23NO3. The first-order chi connectivity index (χ1) is 11.1. The second-order valence-corrected chi connectivity index (χ2v) is 5.33. The van der Waals surface area contributed by atoms with Gasteiger partial charge in [-0.15, -0.1) is 0 Å². The molecule has 1 N–H and O–H groups in total. The molecule has 122 valence electrons. The lowest BCUT2D eigenvalue weighted by atomic mass is 10.1. The summed E-state index contributed by atoms with van der Waals surface area (Å²) < 4.78 is 10.9. The van der Waals surface area contributed by atoms with Crippen LogP contribution >= 0.6 is 0 Å². The van der Waals surface area contributed by atoms with Crippen LogP contribution in [0.4, 0.5) is 0 Å². The van der Waals surface area contributed by atoms with E-state index in [2.05, 4.69) is 5.32 Å². The molecule has 0 aliphatic heterocycles. The molecule has 2 aromatic carbocycles. The SMILES string of the molecule is CC[C@@H](Oc1ccccc1)C(=O)N[C@@H](C)c1ccc(OC)cc1. The molecule has 0 aromatic heterocycles. The van der Waals surface area contributed by atoms with Crippen molar-refractivity contribution in [3.63, 3.8) is 0 Å². The van der Waals surface area contributed by atoms with E-state index in [0.29, 0.717) is 12.2 Å². The van der Waals surface area contributed by atoms with Gasteiger partial charge in [-0.2, -0.15) is 0 Å². The van der Waals surface area contributed by atoms with Crippen molar-refractivity contribution in [3.8, 4) is 11.5 Å². The molecule has 0 spiro atoms. The Morgan fingerprint density at radius 2 is 1.70 bits per heavy atom. The highest BCUT2D eigenvalue weighted by Crippen LogP contribution is 2.18. The molecule has 0 bridgehead atoms. The normalized spacial score (nSPS) is 13.0. The van der Waals surface area contributed by atoms with Gasteiger partial charge in [-0.05, 0) is 43.2 Å². The lowest BCUT2D eigenvalue weighted by molar-refractivity contribution is -0.128. The maximum Gasteiger partial charge on any atom is 0.261 e. The van der Waals surface area contributed by atoms with Crippen LogP contribution in [0.3, 0.4) is 0 Å². The number of hydrogen-bond acceptors (Lipinski definition) is 3. The van der Waals surface area contributed by atoms with Crippen molar-refractivity contribution in [3.05, 3.63) is 60.2 Å². The maximum atomic E-state index is 12.4. The molecule has 0 fully saturated rings. The van der Waals surface area contributed by atoms with Gasteiger partial charge in [0.15, 0.2) is 6.10 Å². The Morgan fingerprint density at radius 1 is 1.04 bits per heavy atom. The average Bonchev–Trinajstić information content (AvgIpc) is 2.60. The smallest absolute Gasteiger partial charge is 0.261 e. The summed E-state index contributed by atoms with van der Waals surface area (Å²) in [6.07, 6.45) is 0.105. The van der Waals surface area contributed by atoms with Gasteiger partial charge in [0.05, 0.1) is 13.2 Å². The van der Waals surface area contributed by atoms with Crippen molar-refractivity contribution < 1.29 is 14.3 Å². The first-order valence-corrected chi connectivity index (χ1v) is 7.80. The first-order valence-electron chi connectivity index (χ1n) is 7.80. The van der Waals surface area contributed by atoms with Crippen molar-refractivity contribution in [2.24, 2.45) is 0 Å². The van der Waals surface area contributed by atoms with Crippen LogP contribution in [-0.4, -0.2) is 19.1 Å². The molecule has 0 aliphatic rings. The Balaban J connectivity index is 1.97. The third-order valence-corrected chi connectivity index (χ3v) is 3.66. The van der Waals surface area contributed by atoms with Crippen molar-refractivity contribution in [2.75, 3.05) is 7.11 Å². The van der Waals surface area contributed by atoms with Crippen LogP contribution in [0.25, 0.3) is 0 Å². The summed E-state index contributed by atoms with van der Waals surface area (Å²) in [6, 6.07) is 17.0. The van der Waals surface area contributed by atoms with E-state index in [9.17, 15) is 4.79 Å². The Labute approximate surface area is 137 Å². The highest BCUT2D eigenvalue weighted by atomic mass is 16.5. The quantitative estimate of drug-likeness (QED) is 0.847. The zero-order valence-corrected chi connectivity index (χ0v) is 13.8. The molecule has 2 rings (SSSR count). The van der Waals surface area contributed by atoms with Crippen LogP contribution in [0.15, 0.2) is 54.6 Å². The highest BCUT2D eigenvalue weighted by Gasteiger charge is 2.20. The summed E-state index contributed by atoms with van der Waals surface area (Å²) in [5.41, 5.74) is 1.02. The predicted octanol–water partition coefficient (Wildman–Crippen LogP) is 3.73. The Morgan fingerprint density at radius 3 is 2.26 bits per heavy atom. The van der Waals surface area contributed by atoms with E-state index in [1.807, 2.05) is 68.4 Å². The highest BCUT2D eigenvalue weighted by molar-refractivity contribution is 5.81. The van der Waals surface area contributed by atoms with Gasteiger partial charge < -0.3 is 14.8 Å². The number of carbonyl (C=O) groups is 1. The van der Waals surface area contributed by atoms with E-state index < -0.39 is 6.10 Å². The van der Waals surface area contributed by atoms with Gasteiger partial charge in [0.25, 0.3) is 5.91 Å². The molecule has 0 saturated heterocycles. The van der Waals surface area contributed by atoms with Gasteiger partial charge in [0.2, 0.25) is 0 Å². The van der Waals surface area contributed by atoms with Gasteiger partial charge in [0.1, 0.15) is 11.5 Å². The lowest BCUT2D eigenvalue weighted by Crippen LogP contribution is -2.39. The molecule has 4 nitrogen and oxygen atoms in total. The monoisotopic (exact) mass is 313 g/mol. The van der Waals surface area contributed by atoms with Gasteiger partial charge in [-0.3, -0.25) is 4.79 Å². The second-order valence-electron chi connectivity index (χ2n) is 5.33. The molecule has 0 aliphatic carbocycles. The molecule has 0 heterocycles. The Kier molecular flexibility index (Phi) is 6.03. The molecule has 0 unspecified atom stereocenters. The van der Waals surface area contributed by atoms with E-state index in [1.165, 1.54) is 0 Å². The standard InChI is InChI=1S/C19H23NO3/c1-4-18(23-17-8-6-5-7-9-17)19(21)20-14(2)15-10-12-16(22-3)13-11-15/h5-14,18H,4H2,1-3H3,(H,20,21)/t14-,18+/m0/s1. The maximum absolute atomic E-state index is 12.4. The van der Waals surface area contributed by atoms with E-state index in [-0.39, 0.29) is 11.9 Å². The van der Waals surface area contributed by atoms with E-state index in [4.69, 9.17) is 9.47 Å². The summed E-state index contributed by atoms with van der Waals surface area (Å²) in [6.45, 7) is 3.89. The minimum atomic E-state index is -0.502. The topological polar surface area (TPSA) is 47.6 Å². The van der Waals surface area contributed by atoms with Crippen LogP contribution in [0.1, 0.15) is 31.9 Å². The Hall–Kier alpha value is -2.49. The average molecular weight is 313 g/mol. The summed E-state index contributed by atoms with van der Waals surface area (Å²) >= 11 is 0. The minimum absolute atomic E-state index is 0.0955. The molecule has 2 atom stereocenters. The van der Waals surface area contributed by atoms with Gasteiger partial charge in [-0.25, -0.2) is 0 Å². The number of nitrogens with one attached hydrogen (secondary N) is 1. The van der Waals surface area contributed by atoms with Gasteiger partial charge in [0, 0.05) is 0 Å². The van der Waals surface area contributed by atoms with Crippen molar-refractivity contribution in [1.29, 1.82) is 0 Å². The summed E-state index contributed by atoms with van der Waals surface area (Å²) in [5, 5.41) is 3.00. The molecule has 2 aromatic rings. The summed E-state index contributed by atoms with van der Waals surface area (Å²) in [5.74, 6) is 1.39.